The number of aliphatic carboxylic acids is 1. The van der Waals surface area contributed by atoms with E-state index in [1.54, 1.807) is 30.3 Å². The van der Waals surface area contributed by atoms with Gasteiger partial charge in [0, 0.05) is 0 Å². The van der Waals surface area contributed by atoms with E-state index in [0.717, 1.165) is 0 Å². The summed E-state index contributed by atoms with van der Waals surface area (Å²) in [6, 6.07) is 9.67. The number of nitriles is 1. The van der Waals surface area contributed by atoms with Gasteiger partial charge in [0.2, 0.25) is 0 Å². The topological polar surface area (TPSA) is 98.4 Å². The van der Waals surface area contributed by atoms with Crippen LogP contribution in [0.5, 0.6) is 0 Å². The molecule has 0 spiro atoms. The molecule has 1 aromatic rings. The van der Waals surface area contributed by atoms with Crippen molar-refractivity contribution in [2.24, 2.45) is 0 Å². The largest absolute Gasteiger partial charge is 0.478 e. The van der Waals surface area contributed by atoms with Gasteiger partial charge in [-0.25, -0.2) is 9.59 Å². The Balaban J connectivity index is 0.000000293. The van der Waals surface area contributed by atoms with Crippen molar-refractivity contribution >= 4 is 11.9 Å². The molecule has 0 aliphatic rings. The molecule has 0 amide bonds. The molecule has 0 fully saturated rings. The Kier molecular flexibility index (Phi) is 5.68. The van der Waals surface area contributed by atoms with Gasteiger partial charge in [-0.2, -0.15) is 5.26 Å². The summed E-state index contributed by atoms with van der Waals surface area (Å²) in [4.78, 5) is 19.8. The zero-order valence-electron chi connectivity index (χ0n) is 8.25. The van der Waals surface area contributed by atoms with Gasteiger partial charge in [-0.15, -0.1) is 0 Å². The summed E-state index contributed by atoms with van der Waals surface area (Å²) in [7, 11) is 0. The monoisotopic (exact) mass is 219 g/mol. The average Bonchev–Trinajstić information content (AvgIpc) is 2.29. The smallest absolute Gasteiger partial charge is 0.345 e. The number of benzene rings is 1. The minimum atomic E-state index is -1.26. The zero-order chi connectivity index (χ0) is 12.6. The van der Waals surface area contributed by atoms with Crippen LogP contribution in [0, 0.1) is 11.3 Å². The first-order valence-corrected chi connectivity index (χ1v) is 4.09. The van der Waals surface area contributed by atoms with E-state index in [4.69, 9.17) is 15.5 Å². The van der Waals surface area contributed by atoms with E-state index < -0.39 is 17.5 Å². The molecule has 0 radical (unpaired) electrons. The Morgan fingerprint density at radius 2 is 1.69 bits per heavy atom. The summed E-state index contributed by atoms with van der Waals surface area (Å²) in [5.41, 5.74) is -0.0995. The predicted molar refractivity (Wildman–Crippen MR) is 55.8 cm³/mol. The fourth-order valence-corrected chi connectivity index (χ4v) is 0.629. The lowest BCUT2D eigenvalue weighted by molar-refractivity contribution is -0.132. The van der Waals surface area contributed by atoms with E-state index in [-0.39, 0.29) is 0 Å². The van der Waals surface area contributed by atoms with Crippen LogP contribution in [-0.4, -0.2) is 22.2 Å². The van der Waals surface area contributed by atoms with E-state index >= 15 is 0 Å². The first-order valence-electron chi connectivity index (χ1n) is 4.09. The third-order valence-electron chi connectivity index (χ3n) is 1.41. The highest BCUT2D eigenvalue weighted by atomic mass is 16.4. The summed E-state index contributed by atoms with van der Waals surface area (Å²) in [5, 5.41) is 24.0. The van der Waals surface area contributed by atoms with Crippen LogP contribution in [0.2, 0.25) is 0 Å². The van der Waals surface area contributed by atoms with Crippen molar-refractivity contribution in [3.05, 3.63) is 48.0 Å². The maximum atomic E-state index is 10.2. The first kappa shape index (κ1) is 13.4. The number of carboxylic acids is 2. The van der Waals surface area contributed by atoms with Crippen LogP contribution in [0.15, 0.2) is 42.5 Å². The first-order chi connectivity index (χ1) is 7.49. The molecule has 0 saturated heterocycles. The number of aromatic carboxylic acids is 1. The van der Waals surface area contributed by atoms with Crippen molar-refractivity contribution in [3.63, 3.8) is 0 Å². The fourth-order valence-electron chi connectivity index (χ4n) is 0.629. The van der Waals surface area contributed by atoms with Crippen LogP contribution in [0.4, 0.5) is 0 Å². The van der Waals surface area contributed by atoms with Crippen molar-refractivity contribution in [1.82, 2.24) is 0 Å². The highest BCUT2D eigenvalue weighted by molar-refractivity contribution is 5.90. The molecule has 0 aromatic heterocycles. The Morgan fingerprint density at radius 3 is 1.88 bits per heavy atom. The summed E-state index contributed by atoms with van der Waals surface area (Å²) in [6.07, 6.45) is 0. The molecule has 1 rings (SSSR count). The highest BCUT2D eigenvalue weighted by Gasteiger charge is 1.97. The summed E-state index contributed by atoms with van der Waals surface area (Å²) >= 11 is 0. The molecule has 82 valence electrons. The summed E-state index contributed by atoms with van der Waals surface area (Å²) in [5.74, 6) is -2.14. The molecule has 0 aliphatic carbocycles. The maximum Gasteiger partial charge on any atom is 0.345 e. The quantitative estimate of drug-likeness (QED) is 0.580. The third-order valence-corrected chi connectivity index (χ3v) is 1.41. The van der Waals surface area contributed by atoms with Gasteiger partial charge in [0.1, 0.15) is 11.6 Å². The van der Waals surface area contributed by atoms with E-state index in [0.29, 0.717) is 5.56 Å². The molecular formula is C11H9NO4. The van der Waals surface area contributed by atoms with Gasteiger partial charge in [0.15, 0.2) is 0 Å². The van der Waals surface area contributed by atoms with Gasteiger partial charge < -0.3 is 10.2 Å². The Morgan fingerprint density at radius 1 is 1.19 bits per heavy atom. The highest BCUT2D eigenvalue weighted by Crippen LogP contribution is 1.96. The van der Waals surface area contributed by atoms with E-state index in [1.165, 1.54) is 6.07 Å². The van der Waals surface area contributed by atoms with Crippen LogP contribution in [-0.2, 0) is 4.79 Å². The third kappa shape index (κ3) is 5.19. The standard InChI is InChI=1S/C7H6O2.C4H3NO2/c8-7(9)6-4-2-1-3-5-6;1-3(2-5)4(6)7/h1-5H,(H,8,9);1H2,(H,6,7). The van der Waals surface area contributed by atoms with Crippen LogP contribution in [0.25, 0.3) is 0 Å². The molecule has 0 bridgehead atoms. The number of rotatable bonds is 2. The SMILES string of the molecule is C=C(C#N)C(=O)O.O=C(O)c1ccccc1. The lowest BCUT2D eigenvalue weighted by Gasteiger charge is -1.88. The van der Waals surface area contributed by atoms with Crippen molar-refractivity contribution in [3.8, 4) is 6.07 Å². The molecular weight excluding hydrogens is 210 g/mol. The van der Waals surface area contributed by atoms with Gasteiger partial charge in [-0.1, -0.05) is 24.8 Å². The Labute approximate surface area is 91.9 Å². The number of hydrogen-bond acceptors (Lipinski definition) is 3. The minimum Gasteiger partial charge on any atom is -0.478 e. The fraction of sp³-hybridized carbons (Fsp3) is 0. The maximum absolute atomic E-state index is 10.2. The van der Waals surface area contributed by atoms with Crippen molar-refractivity contribution < 1.29 is 19.8 Å². The number of hydrogen-bond donors (Lipinski definition) is 2. The van der Waals surface area contributed by atoms with E-state index in [2.05, 4.69) is 6.58 Å². The minimum absolute atomic E-state index is 0.331. The molecule has 0 heterocycles. The molecule has 1 aromatic carbocycles. The van der Waals surface area contributed by atoms with Gasteiger partial charge in [-0.05, 0) is 12.1 Å². The van der Waals surface area contributed by atoms with Crippen LogP contribution >= 0.6 is 0 Å². The van der Waals surface area contributed by atoms with Crippen molar-refractivity contribution in [2.45, 2.75) is 0 Å². The van der Waals surface area contributed by atoms with Crippen LogP contribution < -0.4 is 0 Å². The lowest BCUT2D eigenvalue weighted by Crippen LogP contribution is -1.94. The summed E-state index contributed by atoms with van der Waals surface area (Å²) in [6.45, 7) is 2.91. The van der Waals surface area contributed by atoms with Gasteiger partial charge in [-0.3, -0.25) is 0 Å². The lowest BCUT2D eigenvalue weighted by atomic mass is 10.2. The molecule has 0 aliphatic heterocycles. The predicted octanol–water partition coefficient (Wildman–Crippen LogP) is 1.54. The normalized spacial score (nSPS) is 7.94. The number of carboxylic acid groups (broad SMARTS) is 2. The molecule has 5 nitrogen and oxygen atoms in total. The van der Waals surface area contributed by atoms with E-state index in [9.17, 15) is 9.59 Å². The van der Waals surface area contributed by atoms with Gasteiger partial charge in [0.25, 0.3) is 0 Å². The molecule has 0 unspecified atom stereocenters. The number of carbonyl (C=O) groups is 2. The Hall–Kier alpha value is -2.61. The number of nitrogens with zero attached hydrogens (tertiary/aromatic N) is 1. The second kappa shape index (κ2) is 6.79. The molecule has 0 atom stereocenters. The van der Waals surface area contributed by atoms with Crippen molar-refractivity contribution in [2.75, 3.05) is 0 Å². The molecule has 2 N–H and O–H groups in total. The van der Waals surface area contributed by atoms with Gasteiger partial charge >= 0.3 is 11.9 Å². The molecule has 0 saturated carbocycles. The zero-order valence-corrected chi connectivity index (χ0v) is 8.25. The van der Waals surface area contributed by atoms with Gasteiger partial charge in [0.05, 0.1) is 5.56 Å². The summed E-state index contributed by atoms with van der Waals surface area (Å²) < 4.78 is 0. The van der Waals surface area contributed by atoms with E-state index in [1.807, 2.05) is 0 Å². The van der Waals surface area contributed by atoms with Crippen LogP contribution in [0.3, 0.4) is 0 Å². The second-order valence-corrected chi connectivity index (χ2v) is 2.57. The van der Waals surface area contributed by atoms with Crippen LogP contribution in [0.1, 0.15) is 10.4 Å². The molecule has 5 heteroatoms. The molecule has 16 heavy (non-hydrogen) atoms. The Bertz CT molecular complexity index is 431. The van der Waals surface area contributed by atoms with Crippen molar-refractivity contribution in [1.29, 1.82) is 5.26 Å². The average molecular weight is 219 g/mol. The second-order valence-electron chi connectivity index (χ2n) is 2.57.